The Balaban J connectivity index is 1.03. The lowest BCUT2D eigenvalue weighted by Crippen LogP contribution is -2.37. The number of aromatic nitrogens is 2. The van der Waals surface area contributed by atoms with E-state index >= 15 is 0 Å². The van der Waals surface area contributed by atoms with Crippen LogP contribution >= 0.6 is 0 Å². The summed E-state index contributed by atoms with van der Waals surface area (Å²) in [4.78, 5) is 13.5. The van der Waals surface area contributed by atoms with Crippen molar-refractivity contribution < 1.29 is 9.90 Å². The first-order chi connectivity index (χ1) is 16.0. The maximum absolute atomic E-state index is 11.0. The molecule has 0 unspecified atom stereocenters. The van der Waals surface area contributed by atoms with E-state index in [1.807, 2.05) is 30.1 Å². The zero-order chi connectivity index (χ0) is 22.8. The fraction of sp³-hybridized carbons (Fsp3) is 0.407. The summed E-state index contributed by atoms with van der Waals surface area (Å²) in [5, 5.41) is 17.1. The number of aryl methyl sites for hydroxylation is 1. The predicted molar refractivity (Wildman–Crippen MR) is 129 cm³/mol. The van der Waals surface area contributed by atoms with Gasteiger partial charge >= 0.3 is 5.97 Å². The van der Waals surface area contributed by atoms with Crippen LogP contribution in [0.2, 0.25) is 0 Å². The van der Waals surface area contributed by atoms with Gasteiger partial charge in [0.1, 0.15) is 0 Å². The number of carboxylic acids is 1. The van der Waals surface area contributed by atoms with E-state index in [2.05, 4.69) is 45.8 Å². The van der Waals surface area contributed by atoms with Gasteiger partial charge in [0, 0.05) is 37.3 Å². The molecule has 6 nitrogen and oxygen atoms in total. The highest BCUT2D eigenvalue weighted by molar-refractivity contribution is 5.87. The van der Waals surface area contributed by atoms with E-state index in [0.29, 0.717) is 17.5 Å². The quantitative estimate of drug-likeness (QED) is 0.546. The van der Waals surface area contributed by atoms with Crippen LogP contribution in [0.25, 0.3) is 11.1 Å². The Bertz CT molecular complexity index is 1080. The molecule has 3 aromatic rings. The van der Waals surface area contributed by atoms with Gasteiger partial charge in [-0.15, -0.1) is 0 Å². The molecule has 2 aromatic carbocycles. The number of rotatable bonds is 8. The SMILES string of the molecule is Cn1cc(-c2ccc([C@@H]3C[C@H]3NCC3CCN(Cc4ccc(C(=O)O)cc4)CC3)cc2)cn1. The van der Waals surface area contributed by atoms with Gasteiger partial charge in [0.2, 0.25) is 0 Å². The lowest BCUT2D eigenvalue weighted by atomic mass is 9.96. The van der Waals surface area contributed by atoms with E-state index in [-0.39, 0.29) is 0 Å². The zero-order valence-corrected chi connectivity index (χ0v) is 19.2. The Morgan fingerprint density at radius 2 is 1.79 bits per heavy atom. The number of benzene rings is 2. The predicted octanol–water partition coefficient (Wildman–Crippen LogP) is 4.14. The second-order valence-corrected chi connectivity index (χ2v) is 9.60. The summed E-state index contributed by atoms with van der Waals surface area (Å²) in [6.07, 6.45) is 7.64. The van der Waals surface area contributed by atoms with Crippen LogP contribution in [0.3, 0.4) is 0 Å². The van der Waals surface area contributed by atoms with Crippen molar-refractivity contribution in [3.05, 3.63) is 77.6 Å². The van der Waals surface area contributed by atoms with Crippen LogP contribution in [0.4, 0.5) is 0 Å². The molecule has 2 heterocycles. The van der Waals surface area contributed by atoms with Crippen molar-refractivity contribution in [3.63, 3.8) is 0 Å². The van der Waals surface area contributed by atoms with Gasteiger partial charge in [-0.1, -0.05) is 36.4 Å². The molecule has 5 rings (SSSR count). The summed E-state index contributed by atoms with van der Waals surface area (Å²) in [5.74, 6) is 0.515. The lowest BCUT2D eigenvalue weighted by molar-refractivity contribution is 0.0697. The number of nitrogens with one attached hydrogen (secondary N) is 1. The van der Waals surface area contributed by atoms with E-state index in [1.54, 1.807) is 12.1 Å². The molecule has 1 aromatic heterocycles. The van der Waals surface area contributed by atoms with Crippen LogP contribution in [0.1, 0.15) is 46.7 Å². The normalized spacial score (nSPS) is 21.2. The molecule has 1 saturated heterocycles. The summed E-state index contributed by atoms with van der Waals surface area (Å²) in [6, 6.07) is 16.9. The van der Waals surface area contributed by atoms with Gasteiger partial charge in [0.15, 0.2) is 0 Å². The molecule has 0 spiro atoms. The third-order valence-electron chi connectivity index (χ3n) is 7.15. The number of likely N-dealkylation sites (tertiary alicyclic amines) is 1. The van der Waals surface area contributed by atoms with Crippen LogP contribution in [0, 0.1) is 5.92 Å². The Morgan fingerprint density at radius 3 is 2.42 bits per heavy atom. The molecule has 0 radical (unpaired) electrons. The number of nitrogens with zero attached hydrogens (tertiary/aromatic N) is 3. The third kappa shape index (κ3) is 5.34. The monoisotopic (exact) mass is 444 g/mol. The molecule has 172 valence electrons. The molecule has 1 saturated carbocycles. The highest BCUT2D eigenvalue weighted by Gasteiger charge is 2.38. The summed E-state index contributed by atoms with van der Waals surface area (Å²) in [5.41, 5.74) is 5.36. The van der Waals surface area contributed by atoms with Crippen molar-refractivity contribution in [1.29, 1.82) is 0 Å². The van der Waals surface area contributed by atoms with Gasteiger partial charge in [0.25, 0.3) is 0 Å². The highest BCUT2D eigenvalue weighted by Crippen LogP contribution is 2.41. The average molecular weight is 445 g/mol. The Kier molecular flexibility index (Phi) is 6.29. The first-order valence-corrected chi connectivity index (χ1v) is 11.9. The van der Waals surface area contributed by atoms with Gasteiger partial charge in [-0.2, -0.15) is 5.10 Å². The summed E-state index contributed by atoms with van der Waals surface area (Å²) in [7, 11) is 1.95. The Hall–Kier alpha value is -2.96. The van der Waals surface area contributed by atoms with Crippen molar-refractivity contribution in [1.82, 2.24) is 20.0 Å². The van der Waals surface area contributed by atoms with Gasteiger partial charge in [-0.25, -0.2) is 4.79 Å². The minimum atomic E-state index is -0.866. The number of hydrogen-bond donors (Lipinski definition) is 2. The van der Waals surface area contributed by atoms with Crippen LogP contribution in [0.5, 0.6) is 0 Å². The fourth-order valence-electron chi connectivity index (χ4n) is 4.96. The average Bonchev–Trinajstić information content (AvgIpc) is 3.49. The topological polar surface area (TPSA) is 70.4 Å². The van der Waals surface area contributed by atoms with E-state index in [1.165, 1.54) is 36.0 Å². The van der Waals surface area contributed by atoms with Crippen molar-refractivity contribution in [2.45, 2.75) is 37.8 Å². The van der Waals surface area contributed by atoms with Gasteiger partial charge in [-0.05, 0) is 73.6 Å². The fourth-order valence-corrected chi connectivity index (χ4v) is 4.96. The molecule has 33 heavy (non-hydrogen) atoms. The molecular formula is C27H32N4O2. The molecular weight excluding hydrogens is 412 g/mol. The summed E-state index contributed by atoms with van der Waals surface area (Å²) < 4.78 is 1.84. The molecule has 2 N–H and O–H groups in total. The summed E-state index contributed by atoms with van der Waals surface area (Å²) in [6.45, 7) is 4.23. The maximum Gasteiger partial charge on any atom is 0.335 e. The second-order valence-electron chi connectivity index (χ2n) is 9.60. The van der Waals surface area contributed by atoms with Gasteiger partial charge < -0.3 is 10.4 Å². The van der Waals surface area contributed by atoms with Crippen molar-refractivity contribution in [2.24, 2.45) is 13.0 Å². The Morgan fingerprint density at radius 1 is 1.06 bits per heavy atom. The zero-order valence-electron chi connectivity index (χ0n) is 19.2. The van der Waals surface area contributed by atoms with E-state index in [0.717, 1.165) is 37.7 Å². The number of hydrogen-bond acceptors (Lipinski definition) is 4. The van der Waals surface area contributed by atoms with Gasteiger partial charge in [-0.3, -0.25) is 9.58 Å². The van der Waals surface area contributed by atoms with E-state index < -0.39 is 5.97 Å². The third-order valence-corrected chi connectivity index (χ3v) is 7.15. The smallest absolute Gasteiger partial charge is 0.335 e. The standard InChI is InChI=1S/C27H32N4O2/c1-30-18-24(16-29-30)21-6-8-22(9-7-21)25-14-26(25)28-15-19-10-12-31(13-11-19)17-20-2-4-23(5-3-20)27(32)33/h2-9,16,18-19,25-26,28H,10-15,17H2,1H3,(H,32,33)/t25-,26+/m0/s1. The minimum absolute atomic E-state index is 0.353. The molecule has 2 fully saturated rings. The minimum Gasteiger partial charge on any atom is -0.478 e. The summed E-state index contributed by atoms with van der Waals surface area (Å²) >= 11 is 0. The number of carbonyl (C=O) groups is 1. The largest absolute Gasteiger partial charge is 0.478 e. The van der Waals surface area contributed by atoms with Crippen molar-refractivity contribution in [2.75, 3.05) is 19.6 Å². The van der Waals surface area contributed by atoms with Crippen LogP contribution < -0.4 is 5.32 Å². The lowest BCUT2D eigenvalue weighted by Gasteiger charge is -2.32. The van der Waals surface area contributed by atoms with Crippen LogP contribution in [-0.4, -0.2) is 51.4 Å². The molecule has 0 amide bonds. The van der Waals surface area contributed by atoms with Crippen LogP contribution in [0.15, 0.2) is 60.9 Å². The molecule has 1 aliphatic carbocycles. The molecule has 2 atom stereocenters. The van der Waals surface area contributed by atoms with Crippen LogP contribution in [-0.2, 0) is 13.6 Å². The Labute approximate surface area is 195 Å². The van der Waals surface area contributed by atoms with E-state index in [4.69, 9.17) is 5.11 Å². The second kappa shape index (κ2) is 9.49. The molecule has 2 aliphatic rings. The molecule has 0 bridgehead atoms. The first kappa shape index (κ1) is 21.9. The number of piperidine rings is 1. The van der Waals surface area contributed by atoms with Crippen molar-refractivity contribution >= 4 is 5.97 Å². The molecule has 1 aliphatic heterocycles. The number of aromatic carboxylic acids is 1. The first-order valence-electron chi connectivity index (χ1n) is 11.9. The highest BCUT2D eigenvalue weighted by atomic mass is 16.4. The van der Waals surface area contributed by atoms with Gasteiger partial charge in [0.05, 0.1) is 11.8 Å². The van der Waals surface area contributed by atoms with E-state index in [9.17, 15) is 4.79 Å². The maximum atomic E-state index is 11.0. The molecule has 6 heteroatoms. The van der Waals surface area contributed by atoms with Crippen molar-refractivity contribution in [3.8, 4) is 11.1 Å². The number of carboxylic acid groups (broad SMARTS) is 1.